The van der Waals surface area contributed by atoms with E-state index in [1.807, 2.05) is 12.1 Å². The molecule has 0 bridgehead atoms. The van der Waals surface area contributed by atoms with Crippen molar-refractivity contribution in [1.82, 2.24) is 0 Å². The summed E-state index contributed by atoms with van der Waals surface area (Å²) in [4.78, 5) is 11.4. The number of carbonyl (C=O) groups is 1. The molecule has 1 aromatic rings. The third-order valence-corrected chi connectivity index (χ3v) is 2.16. The summed E-state index contributed by atoms with van der Waals surface area (Å²) < 4.78 is 4.77. The molecule has 80 valence electrons. The summed E-state index contributed by atoms with van der Waals surface area (Å²) in [7, 11) is 0. The van der Waals surface area contributed by atoms with Gasteiger partial charge in [-0.15, -0.1) is 0 Å². The normalized spacial score (nSPS) is 9.00. The fourth-order valence-electron chi connectivity index (χ4n) is 1.12. The number of benzene rings is 1. The van der Waals surface area contributed by atoms with Gasteiger partial charge in [0.25, 0.3) is 0 Å². The first kappa shape index (κ1) is 12.0. The summed E-state index contributed by atoms with van der Waals surface area (Å²) in [5, 5.41) is 17.6. The Hall–Kier alpha value is -2.04. The van der Waals surface area contributed by atoms with Crippen molar-refractivity contribution in [3.63, 3.8) is 0 Å². The number of esters is 1. The second-order valence-electron chi connectivity index (χ2n) is 2.82. The van der Waals surface area contributed by atoms with Crippen LogP contribution in [0.2, 0.25) is 5.02 Å². The summed E-state index contributed by atoms with van der Waals surface area (Å²) in [6.45, 7) is 1.89. The van der Waals surface area contributed by atoms with E-state index in [0.717, 1.165) is 0 Å². The van der Waals surface area contributed by atoms with Crippen molar-refractivity contribution < 1.29 is 9.53 Å². The predicted octanol–water partition coefficient (Wildman–Crippen LogP) is 2.26. The molecule has 0 saturated carbocycles. The summed E-state index contributed by atoms with van der Waals surface area (Å²) in [6, 6.07) is 6.20. The fraction of sp³-hybridized carbons (Fsp3) is 0.182. The number of nitriles is 2. The molecule has 16 heavy (non-hydrogen) atoms. The van der Waals surface area contributed by atoms with Gasteiger partial charge in [0.15, 0.2) is 0 Å². The van der Waals surface area contributed by atoms with E-state index in [2.05, 4.69) is 0 Å². The predicted molar refractivity (Wildman–Crippen MR) is 56.8 cm³/mol. The Labute approximate surface area is 97.6 Å². The molecule has 0 aromatic heterocycles. The van der Waals surface area contributed by atoms with Crippen molar-refractivity contribution in [3.8, 4) is 12.1 Å². The Bertz CT molecular complexity index is 512. The van der Waals surface area contributed by atoms with Gasteiger partial charge in [-0.1, -0.05) is 11.6 Å². The average molecular weight is 235 g/mol. The molecule has 0 unspecified atom stereocenters. The molecule has 1 aromatic carbocycles. The van der Waals surface area contributed by atoms with E-state index >= 15 is 0 Å². The molecule has 1 rings (SSSR count). The minimum absolute atomic E-state index is 0.0964. The van der Waals surface area contributed by atoms with Crippen molar-refractivity contribution in [2.24, 2.45) is 0 Å². The Morgan fingerprint density at radius 1 is 1.38 bits per heavy atom. The van der Waals surface area contributed by atoms with E-state index in [9.17, 15) is 4.79 Å². The monoisotopic (exact) mass is 234 g/mol. The first-order valence-corrected chi connectivity index (χ1v) is 4.82. The molecule has 0 aliphatic rings. The zero-order valence-corrected chi connectivity index (χ0v) is 9.21. The number of hydrogen-bond donors (Lipinski definition) is 0. The fourth-order valence-corrected chi connectivity index (χ4v) is 1.36. The summed E-state index contributed by atoms with van der Waals surface area (Å²) in [6.07, 6.45) is 0. The second-order valence-corrected chi connectivity index (χ2v) is 3.23. The highest BCUT2D eigenvalue weighted by Crippen LogP contribution is 2.21. The molecule has 0 aliphatic heterocycles. The smallest absolute Gasteiger partial charge is 0.339 e. The second kappa shape index (κ2) is 5.16. The van der Waals surface area contributed by atoms with Gasteiger partial charge in [0.1, 0.15) is 12.1 Å². The summed E-state index contributed by atoms with van der Waals surface area (Å²) in [5.41, 5.74) is 0.342. The largest absolute Gasteiger partial charge is 0.462 e. The van der Waals surface area contributed by atoms with E-state index in [1.54, 1.807) is 6.92 Å². The number of halogens is 1. The van der Waals surface area contributed by atoms with Gasteiger partial charge in [-0.2, -0.15) is 10.5 Å². The molecular weight excluding hydrogens is 228 g/mol. The Kier molecular flexibility index (Phi) is 3.88. The van der Waals surface area contributed by atoms with Gasteiger partial charge in [-0.25, -0.2) is 4.79 Å². The zero-order chi connectivity index (χ0) is 12.1. The highest BCUT2D eigenvalue weighted by atomic mass is 35.5. The SMILES string of the molecule is CCOC(=O)c1cc(C#N)c(C#N)cc1Cl. The molecule has 0 spiro atoms. The molecule has 0 saturated heterocycles. The van der Waals surface area contributed by atoms with Crippen molar-refractivity contribution >= 4 is 17.6 Å². The lowest BCUT2D eigenvalue weighted by Crippen LogP contribution is -2.06. The number of hydrogen-bond acceptors (Lipinski definition) is 4. The number of rotatable bonds is 2. The van der Waals surface area contributed by atoms with E-state index in [4.69, 9.17) is 26.9 Å². The van der Waals surface area contributed by atoms with E-state index in [1.165, 1.54) is 12.1 Å². The van der Waals surface area contributed by atoms with Gasteiger partial charge in [-0.3, -0.25) is 0 Å². The highest BCUT2D eigenvalue weighted by molar-refractivity contribution is 6.33. The topological polar surface area (TPSA) is 73.9 Å². The maximum atomic E-state index is 11.4. The molecule has 0 radical (unpaired) electrons. The van der Waals surface area contributed by atoms with Crippen LogP contribution in [-0.4, -0.2) is 12.6 Å². The van der Waals surface area contributed by atoms with Crippen molar-refractivity contribution in [3.05, 3.63) is 33.8 Å². The van der Waals surface area contributed by atoms with Crippen LogP contribution in [0, 0.1) is 22.7 Å². The third-order valence-electron chi connectivity index (χ3n) is 1.84. The summed E-state index contributed by atoms with van der Waals surface area (Å²) in [5.74, 6) is -0.603. The first-order valence-electron chi connectivity index (χ1n) is 4.44. The molecule has 0 fully saturated rings. The zero-order valence-electron chi connectivity index (χ0n) is 8.45. The Morgan fingerprint density at radius 2 is 1.94 bits per heavy atom. The van der Waals surface area contributed by atoms with Crippen LogP contribution in [0.25, 0.3) is 0 Å². The van der Waals surface area contributed by atoms with Crippen molar-refractivity contribution in [2.75, 3.05) is 6.61 Å². The van der Waals surface area contributed by atoms with Gasteiger partial charge in [0.2, 0.25) is 0 Å². The Morgan fingerprint density at radius 3 is 2.44 bits per heavy atom. The molecule has 0 atom stereocenters. The van der Waals surface area contributed by atoms with E-state index in [-0.39, 0.29) is 28.3 Å². The lowest BCUT2D eigenvalue weighted by atomic mass is 10.1. The van der Waals surface area contributed by atoms with Gasteiger partial charge in [0.05, 0.1) is 28.3 Å². The minimum atomic E-state index is -0.603. The van der Waals surface area contributed by atoms with E-state index < -0.39 is 5.97 Å². The Balaban J connectivity index is 3.29. The number of carbonyl (C=O) groups excluding carboxylic acids is 1. The van der Waals surface area contributed by atoms with Crippen LogP contribution in [0.15, 0.2) is 12.1 Å². The first-order chi connectivity index (χ1) is 7.63. The molecular formula is C11H7ClN2O2. The molecule has 0 heterocycles. The van der Waals surface area contributed by atoms with Crippen LogP contribution in [0.3, 0.4) is 0 Å². The molecule has 0 amide bonds. The molecule has 4 nitrogen and oxygen atoms in total. The van der Waals surface area contributed by atoms with E-state index in [0.29, 0.717) is 0 Å². The lowest BCUT2D eigenvalue weighted by molar-refractivity contribution is 0.0526. The lowest BCUT2D eigenvalue weighted by Gasteiger charge is -2.05. The van der Waals surface area contributed by atoms with Crippen molar-refractivity contribution in [1.29, 1.82) is 10.5 Å². The van der Waals surface area contributed by atoms with Crippen LogP contribution in [0.5, 0.6) is 0 Å². The maximum Gasteiger partial charge on any atom is 0.339 e. The van der Waals surface area contributed by atoms with Crippen molar-refractivity contribution in [2.45, 2.75) is 6.92 Å². The van der Waals surface area contributed by atoms with Crippen LogP contribution < -0.4 is 0 Å². The van der Waals surface area contributed by atoms with Crippen LogP contribution in [0.1, 0.15) is 28.4 Å². The molecule has 0 N–H and O–H groups in total. The van der Waals surface area contributed by atoms with Gasteiger partial charge in [0, 0.05) is 0 Å². The van der Waals surface area contributed by atoms with Gasteiger partial charge < -0.3 is 4.74 Å². The van der Waals surface area contributed by atoms with Crippen LogP contribution in [-0.2, 0) is 4.74 Å². The van der Waals surface area contributed by atoms with Gasteiger partial charge in [-0.05, 0) is 19.1 Å². The average Bonchev–Trinajstić information content (AvgIpc) is 2.28. The summed E-state index contributed by atoms with van der Waals surface area (Å²) >= 11 is 5.81. The number of ether oxygens (including phenoxy) is 1. The highest BCUT2D eigenvalue weighted by Gasteiger charge is 2.15. The maximum absolute atomic E-state index is 11.4. The quantitative estimate of drug-likeness (QED) is 0.736. The third kappa shape index (κ3) is 2.31. The van der Waals surface area contributed by atoms with Crippen LogP contribution >= 0.6 is 11.6 Å². The minimum Gasteiger partial charge on any atom is -0.462 e. The molecule has 0 aliphatic carbocycles. The standard InChI is InChI=1S/C11H7ClN2O2/c1-2-16-11(15)9-3-7(5-13)8(6-14)4-10(9)12/h3-4H,2H2,1H3. The number of nitrogens with zero attached hydrogens (tertiary/aromatic N) is 2. The van der Waals surface area contributed by atoms with Crippen LogP contribution in [0.4, 0.5) is 0 Å². The molecule has 5 heteroatoms. The van der Waals surface area contributed by atoms with Gasteiger partial charge >= 0.3 is 5.97 Å².